The molecule has 23 heavy (non-hydrogen) atoms. The second kappa shape index (κ2) is 6.81. The first-order chi connectivity index (χ1) is 10.6. The Bertz CT molecular complexity index is 727. The van der Waals surface area contributed by atoms with Gasteiger partial charge in [0.1, 0.15) is 6.04 Å². The van der Waals surface area contributed by atoms with Crippen LogP contribution in [0.25, 0.3) is 0 Å². The summed E-state index contributed by atoms with van der Waals surface area (Å²) in [6, 6.07) is 4.56. The lowest BCUT2D eigenvalue weighted by Gasteiger charge is -2.21. The normalized spacial score (nSPS) is 18.9. The first kappa shape index (κ1) is 18.9. The minimum atomic E-state index is -3.73. The predicted octanol–water partition coefficient (Wildman–Crippen LogP) is 2.95. The van der Waals surface area contributed by atoms with Crippen LogP contribution in [0.4, 0.5) is 0 Å². The van der Waals surface area contributed by atoms with Gasteiger partial charge in [-0.25, -0.2) is 13.2 Å². The summed E-state index contributed by atoms with van der Waals surface area (Å²) in [7, 11) is -3.73. The van der Waals surface area contributed by atoms with E-state index >= 15 is 0 Å². The largest absolute Gasteiger partial charge is 0.480 e. The Labute approximate surface area is 158 Å². The molecule has 1 unspecified atom stereocenters. The molecule has 1 aliphatic heterocycles. The number of alkyl halides is 3. The van der Waals surface area contributed by atoms with Crippen LogP contribution in [0.1, 0.15) is 23.2 Å². The number of hydrogen-bond acceptors (Lipinski definition) is 4. The van der Waals surface area contributed by atoms with Crippen molar-refractivity contribution < 1.29 is 23.1 Å². The zero-order valence-electron chi connectivity index (χ0n) is 11.6. The number of rotatable bonds is 3. The molecule has 0 spiro atoms. The first-order valence-electron chi connectivity index (χ1n) is 6.51. The highest BCUT2D eigenvalue weighted by Gasteiger charge is 2.38. The van der Waals surface area contributed by atoms with Crippen molar-refractivity contribution in [3.8, 4) is 0 Å². The van der Waals surface area contributed by atoms with Gasteiger partial charge in [0.15, 0.2) is 0 Å². The Kier molecular flexibility index (Phi) is 5.59. The van der Waals surface area contributed by atoms with E-state index in [1.54, 1.807) is 0 Å². The van der Waals surface area contributed by atoms with Crippen molar-refractivity contribution in [1.82, 2.24) is 4.90 Å². The average molecular weight is 534 g/mol. The van der Waals surface area contributed by atoms with Crippen molar-refractivity contribution in [1.29, 1.82) is 0 Å². The molecule has 0 bridgehead atoms. The second-order valence-electron chi connectivity index (χ2n) is 4.97. The van der Waals surface area contributed by atoms with Crippen LogP contribution in [-0.2, 0) is 14.6 Å². The Balaban J connectivity index is 2.27. The fourth-order valence-electron chi connectivity index (χ4n) is 2.34. The number of carboxylic acid groups (broad SMARTS) is 1. The van der Waals surface area contributed by atoms with Gasteiger partial charge in [-0.2, -0.15) is 0 Å². The van der Waals surface area contributed by atoms with E-state index in [0.717, 1.165) is 0 Å². The van der Waals surface area contributed by atoms with E-state index in [0.29, 0.717) is 19.4 Å². The molecule has 1 atom stereocenters. The summed E-state index contributed by atoms with van der Waals surface area (Å²) in [5.74, 6) is -1.45. The zero-order valence-corrected chi connectivity index (χ0v) is 17.2. The van der Waals surface area contributed by atoms with Gasteiger partial charge in [0.05, 0.1) is 4.90 Å². The monoisotopic (exact) mass is 531 g/mol. The molecule has 1 aromatic rings. The van der Waals surface area contributed by atoms with Crippen LogP contribution < -0.4 is 0 Å². The van der Waals surface area contributed by atoms with Gasteiger partial charge in [-0.3, -0.25) is 4.79 Å². The number of likely N-dealkylation sites (tertiary alicyclic amines) is 1. The predicted molar refractivity (Wildman–Crippen MR) is 94.8 cm³/mol. The van der Waals surface area contributed by atoms with Gasteiger partial charge in [0, 0.05) is 12.1 Å². The number of carbonyl (C=O) groups excluding carboxylic acids is 1. The number of hydrogen-bond donors (Lipinski definition) is 1. The van der Waals surface area contributed by atoms with Crippen LogP contribution in [0.2, 0.25) is 0 Å². The van der Waals surface area contributed by atoms with Gasteiger partial charge < -0.3 is 10.0 Å². The molecule has 0 aromatic heterocycles. The highest BCUT2D eigenvalue weighted by molar-refractivity contribution is 9.42. The molecule has 2 rings (SSSR count). The number of sulfone groups is 1. The number of aliphatic carboxylic acids is 1. The van der Waals surface area contributed by atoms with Gasteiger partial charge in [0.2, 0.25) is 11.3 Å². The molecule has 1 aromatic carbocycles. The minimum absolute atomic E-state index is 0.0101. The van der Waals surface area contributed by atoms with E-state index in [1.165, 1.54) is 29.2 Å². The summed E-state index contributed by atoms with van der Waals surface area (Å²) in [5, 5.41) is 9.13. The Hall–Kier alpha value is -0.450. The number of amides is 1. The number of carboxylic acids is 1. The quantitative estimate of drug-likeness (QED) is 0.603. The van der Waals surface area contributed by atoms with Crippen molar-refractivity contribution in [3.05, 3.63) is 29.8 Å². The van der Waals surface area contributed by atoms with Gasteiger partial charge in [-0.1, -0.05) is 0 Å². The molecule has 0 radical (unpaired) electrons. The van der Waals surface area contributed by atoms with Gasteiger partial charge in [0.25, 0.3) is 5.91 Å². The fourth-order valence-corrected chi connectivity index (χ4v) is 4.79. The van der Waals surface area contributed by atoms with Gasteiger partial charge in [-0.15, -0.1) is 0 Å². The van der Waals surface area contributed by atoms with Crippen molar-refractivity contribution in [2.45, 2.75) is 25.3 Å². The molecule has 1 N–H and O–H groups in total. The Morgan fingerprint density at radius 1 is 1.17 bits per heavy atom. The van der Waals surface area contributed by atoms with E-state index in [9.17, 15) is 18.0 Å². The molecule has 0 aliphatic carbocycles. The molecule has 0 saturated carbocycles. The molecule has 126 valence electrons. The van der Waals surface area contributed by atoms with E-state index in [2.05, 4.69) is 47.8 Å². The highest BCUT2D eigenvalue weighted by Crippen LogP contribution is 2.43. The van der Waals surface area contributed by atoms with Gasteiger partial charge in [-0.05, 0) is 84.9 Å². The summed E-state index contributed by atoms with van der Waals surface area (Å²) in [4.78, 5) is 24.9. The number of benzene rings is 1. The first-order valence-corrected chi connectivity index (χ1v) is 10.4. The highest BCUT2D eigenvalue weighted by atomic mass is 80.0. The number of nitrogens with zero attached hydrogens (tertiary/aromatic N) is 1. The van der Waals surface area contributed by atoms with Crippen molar-refractivity contribution in [3.63, 3.8) is 0 Å². The molecule has 1 heterocycles. The molecule has 1 saturated heterocycles. The van der Waals surface area contributed by atoms with Crippen molar-refractivity contribution in [2.24, 2.45) is 0 Å². The lowest BCUT2D eigenvalue weighted by Crippen LogP contribution is -2.40. The fraction of sp³-hybridized carbons (Fsp3) is 0.385. The topological polar surface area (TPSA) is 91.8 Å². The summed E-state index contributed by atoms with van der Waals surface area (Å²) in [6.45, 7) is 0.378. The molecule has 10 heteroatoms. The van der Waals surface area contributed by atoms with Crippen LogP contribution in [0, 0.1) is 0 Å². The van der Waals surface area contributed by atoms with E-state index < -0.39 is 29.2 Å². The lowest BCUT2D eigenvalue weighted by atomic mass is 10.1. The van der Waals surface area contributed by atoms with Crippen LogP contribution in [0.15, 0.2) is 29.2 Å². The van der Waals surface area contributed by atoms with E-state index in [4.69, 9.17) is 5.11 Å². The molecular formula is C13H12Br3NO5S. The minimum Gasteiger partial charge on any atom is -0.480 e. The molecule has 1 amide bonds. The number of carbonyl (C=O) groups is 2. The maximum atomic E-state index is 12.4. The molecule has 1 fully saturated rings. The van der Waals surface area contributed by atoms with Crippen LogP contribution in [-0.4, -0.2) is 44.4 Å². The maximum Gasteiger partial charge on any atom is 0.326 e. The van der Waals surface area contributed by atoms with Gasteiger partial charge >= 0.3 is 5.97 Å². The molecule has 1 aliphatic rings. The standard InChI is InChI=1S/C13H12Br3NO5S/c14-13(15,16)23(21,22)9-5-3-8(4-6-9)11(18)17-7-1-2-10(17)12(19)20/h3-6,10H,1-2,7H2,(H,19,20). The van der Waals surface area contributed by atoms with Crippen LogP contribution >= 0.6 is 47.8 Å². The smallest absolute Gasteiger partial charge is 0.326 e. The van der Waals surface area contributed by atoms with Crippen LogP contribution in [0.5, 0.6) is 0 Å². The third-order valence-electron chi connectivity index (χ3n) is 3.52. The third-order valence-corrected chi connectivity index (χ3v) is 8.85. The maximum absolute atomic E-state index is 12.4. The lowest BCUT2D eigenvalue weighted by molar-refractivity contribution is -0.141. The summed E-state index contributed by atoms with van der Waals surface area (Å²) in [5.41, 5.74) is 0.251. The summed E-state index contributed by atoms with van der Waals surface area (Å²) in [6.07, 6.45) is 1.06. The summed E-state index contributed by atoms with van der Waals surface area (Å²) >= 11 is 8.90. The number of halogens is 3. The van der Waals surface area contributed by atoms with Crippen LogP contribution in [0.3, 0.4) is 0 Å². The van der Waals surface area contributed by atoms with E-state index in [1.807, 2.05) is 0 Å². The second-order valence-corrected chi connectivity index (χ2v) is 15.4. The van der Waals surface area contributed by atoms with E-state index in [-0.39, 0.29) is 10.5 Å². The van der Waals surface area contributed by atoms with Crippen molar-refractivity contribution >= 4 is 69.5 Å². The summed E-state index contributed by atoms with van der Waals surface area (Å²) < 4.78 is 22.9. The Morgan fingerprint density at radius 2 is 1.74 bits per heavy atom. The molecule has 6 nitrogen and oxygen atoms in total. The Morgan fingerprint density at radius 3 is 2.22 bits per heavy atom. The third kappa shape index (κ3) is 3.80. The zero-order chi connectivity index (χ0) is 17.4. The average Bonchev–Trinajstić information content (AvgIpc) is 2.95. The molecular weight excluding hydrogens is 522 g/mol. The van der Waals surface area contributed by atoms with Crippen molar-refractivity contribution in [2.75, 3.05) is 6.54 Å². The SMILES string of the molecule is O=C(O)C1CCCN1C(=O)c1ccc(S(=O)(=O)C(Br)(Br)Br)cc1.